The van der Waals surface area contributed by atoms with Crippen molar-refractivity contribution in [2.45, 2.75) is 31.7 Å². The Morgan fingerprint density at radius 1 is 1.43 bits per heavy atom. The molecule has 21 heavy (non-hydrogen) atoms. The van der Waals surface area contributed by atoms with Crippen molar-refractivity contribution >= 4 is 33.6 Å². The molecule has 1 aromatic carbocycles. The molecule has 0 bridgehead atoms. The fourth-order valence-corrected chi connectivity index (χ4v) is 3.58. The molecule has 116 valence electrons. The van der Waals surface area contributed by atoms with Crippen molar-refractivity contribution in [3.63, 3.8) is 0 Å². The highest BCUT2D eigenvalue weighted by Crippen LogP contribution is 2.24. The molecule has 1 heterocycles. The average Bonchev–Trinajstić information content (AvgIpc) is 2.47. The number of hydrogen-bond acceptors (Lipinski definition) is 3. The van der Waals surface area contributed by atoms with E-state index < -0.39 is 0 Å². The van der Waals surface area contributed by atoms with E-state index >= 15 is 0 Å². The summed E-state index contributed by atoms with van der Waals surface area (Å²) < 4.78 is 1.08. The number of rotatable bonds is 5. The molecule has 0 aromatic heterocycles. The van der Waals surface area contributed by atoms with Crippen molar-refractivity contribution in [2.75, 3.05) is 24.6 Å². The smallest absolute Gasteiger partial charge is 0.221 e. The van der Waals surface area contributed by atoms with Crippen LogP contribution < -0.4 is 10.6 Å². The summed E-state index contributed by atoms with van der Waals surface area (Å²) in [7, 11) is 0. The lowest BCUT2D eigenvalue weighted by Crippen LogP contribution is -2.43. The molecule has 2 N–H and O–H groups in total. The van der Waals surface area contributed by atoms with Crippen molar-refractivity contribution < 1.29 is 4.79 Å². The van der Waals surface area contributed by atoms with Crippen LogP contribution in [0.4, 0.5) is 0 Å². The lowest BCUT2D eigenvalue weighted by Gasteiger charge is -2.27. The molecule has 1 saturated heterocycles. The van der Waals surface area contributed by atoms with Gasteiger partial charge in [-0.1, -0.05) is 41.9 Å². The third-order valence-electron chi connectivity index (χ3n) is 3.78. The Morgan fingerprint density at radius 2 is 2.14 bits per heavy atom. The van der Waals surface area contributed by atoms with Gasteiger partial charge in [0, 0.05) is 46.9 Å². The number of benzene rings is 1. The normalized spacial score (nSPS) is 19.3. The quantitative estimate of drug-likeness (QED) is 0.836. The van der Waals surface area contributed by atoms with Crippen LogP contribution in [0.5, 0.6) is 0 Å². The summed E-state index contributed by atoms with van der Waals surface area (Å²) >= 11 is 5.37. The highest BCUT2D eigenvalue weighted by Gasteiger charge is 2.22. The van der Waals surface area contributed by atoms with Gasteiger partial charge in [0.1, 0.15) is 0 Å². The maximum Gasteiger partial charge on any atom is 0.221 e. The van der Waals surface area contributed by atoms with Gasteiger partial charge in [-0.15, -0.1) is 0 Å². The lowest BCUT2D eigenvalue weighted by atomic mass is 9.84. The van der Waals surface area contributed by atoms with Gasteiger partial charge in [-0.3, -0.25) is 4.79 Å². The predicted octanol–water partition coefficient (Wildman–Crippen LogP) is 2.94. The Bertz CT molecular complexity index is 470. The first kappa shape index (κ1) is 16.8. The molecular weight excluding hydrogens is 348 g/mol. The number of carbonyl (C=O) groups is 1. The van der Waals surface area contributed by atoms with E-state index in [-0.39, 0.29) is 11.3 Å². The van der Waals surface area contributed by atoms with Crippen molar-refractivity contribution in [1.29, 1.82) is 0 Å². The van der Waals surface area contributed by atoms with E-state index in [9.17, 15) is 4.79 Å². The topological polar surface area (TPSA) is 41.1 Å². The average molecular weight is 371 g/mol. The minimum Gasteiger partial charge on any atom is -0.355 e. The Kier molecular flexibility index (Phi) is 6.14. The van der Waals surface area contributed by atoms with E-state index in [0.29, 0.717) is 19.0 Å². The first-order chi connectivity index (χ1) is 9.97. The Hall–Kier alpha value is -0.520. The third kappa shape index (κ3) is 5.31. The number of halogens is 1. The summed E-state index contributed by atoms with van der Waals surface area (Å²) in [5, 5.41) is 6.48. The van der Waals surface area contributed by atoms with Gasteiger partial charge in [-0.25, -0.2) is 0 Å². The zero-order chi connectivity index (χ0) is 15.3. The van der Waals surface area contributed by atoms with Crippen LogP contribution in [0.2, 0.25) is 0 Å². The van der Waals surface area contributed by atoms with Crippen molar-refractivity contribution in [3.05, 3.63) is 34.3 Å². The first-order valence-electron chi connectivity index (χ1n) is 7.31. The maximum absolute atomic E-state index is 12.1. The summed E-state index contributed by atoms with van der Waals surface area (Å²) in [5.41, 5.74) is 1.17. The lowest BCUT2D eigenvalue weighted by molar-refractivity contribution is -0.121. The number of carbonyl (C=O) groups excluding carboxylic acids is 1. The highest BCUT2D eigenvalue weighted by molar-refractivity contribution is 9.10. The number of thioether (sulfide) groups is 1. The highest BCUT2D eigenvalue weighted by atomic mass is 79.9. The van der Waals surface area contributed by atoms with Crippen LogP contribution in [0.3, 0.4) is 0 Å². The Morgan fingerprint density at radius 3 is 2.76 bits per heavy atom. The van der Waals surface area contributed by atoms with Gasteiger partial charge in [0.25, 0.3) is 0 Å². The summed E-state index contributed by atoms with van der Waals surface area (Å²) in [6.07, 6.45) is 0.573. The molecule has 1 amide bonds. The molecule has 2 rings (SSSR count). The van der Waals surface area contributed by atoms with Crippen LogP contribution in [0.1, 0.15) is 25.8 Å². The molecule has 0 spiro atoms. The van der Waals surface area contributed by atoms with E-state index in [0.717, 1.165) is 22.5 Å². The fraction of sp³-hybridized carbons (Fsp3) is 0.562. The molecule has 0 saturated carbocycles. The van der Waals surface area contributed by atoms with E-state index in [1.165, 1.54) is 5.56 Å². The van der Waals surface area contributed by atoms with Gasteiger partial charge in [0.05, 0.1) is 0 Å². The molecule has 1 unspecified atom stereocenters. The molecule has 1 aliphatic rings. The summed E-state index contributed by atoms with van der Waals surface area (Å²) in [4.78, 5) is 12.1. The summed E-state index contributed by atoms with van der Waals surface area (Å²) in [6, 6.07) is 8.62. The van der Waals surface area contributed by atoms with E-state index in [4.69, 9.17) is 0 Å². The van der Waals surface area contributed by atoms with Gasteiger partial charge in [0.2, 0.25) is 5.91 Å². The Labute approximate surface area is 139 Å². The van der Waals surface area contributed by atoms with Gasteiger partial charge < -0.3 is 10.6 Å². The molecule has 3 nitrogen and oxygen atoms in total. The molecule has 1 atom stereocenters. The molecular formula is C16H23BrN2OS. The zero-order valence-corrected chi connectivity index (χ0v) is 15.0. The van der Waals surface area contributed by atoms with Crippen molar-refractivity contribution in [3.8, 4) is 0 Å². The second-order valence-electron chi connectivity index (χ2n) is 6.10. The largest absolute Gasteiger partial charge is 0.355 e. The predicted molar refractivity (Wildman–Crippen MR) is 93.9 cm³/mol. The summed E-state index contributed by atoms with van der Waals surface area (Å²) in [5.74, 6) is 2.32. The van der Waals surface area contributed by atoms with Gasteiger partial charge in [-0.2, -0.15) is 11.8 Å². The van der Waals surface area contributed by atoms with Gasteiger partial charge in [-0.05, 0) is 17.7 Å². The second kappa shape index (κ2) is 7.65. The minimum atomic E-state index is -0.0644. The minimum absolute atomic E-state index is 0.0644. The first-order valence-corrected chi connectivity index (χ1v) is 9.26. The SMILES string of the molecule is CC(C)(CNC(=O)CC1CSCCN1)c1ccc(Br)cc1. The standard InChI is InChI=1S/C16H23BrN2OS/c1-16(2,12-3-5-13(17)6-4-12)11-19-15(20)9-14-10-21-8-7-18-14/h3-6,14,18H,7-11H2,1-2H3,(H,19,20). The number of amides is 1. The van der Waals surface area contributed by atoms with E-state index in [2.05, 4.69) is 52.5 Å². The van der Waals surface area contributed by atoms with E-state index in [1.54, 1.807) is 0 Å². The molecule has 1 aromatic rings. The molecule has 0 radical (unpaired) electrons. The summed E-state index contributed by atoms with van der Waals surface area (Å²) in [6.45, 7) is 5.98. The molecule has 1 fully saturated rings. The van der Waals surface area contributed by atoms with Gasteiger partial charge >= 0.3 is 0 Å². The fourth-order valence-electron chi connectivity index (χ4n) is 2.37. The van der Waals surface area contributed by atoms with Crippen LogP contribution in [0.25, 0.3) is 0 Å². The van der Waals surface area contributed by atoms with Crippen LogP contribution in [-0.2, 0) is 10.2 Å². The number of hydrogen-bond donors (Lipinski definition) is 2. The van der Waals surface area contributed by atoms with Crippen LogP contribution in [0.15, 0.2) is 28.7 Å². The third-order valence-corrected chi connectivity index (χ3v) is 5.44. The van der Waals surface area contributed by atoms with E-state index in [1.807, 2.05) is 23.9 Å². The molecule has 5 heteroatoms. The Balaban J connectivity index is 1.82. The zero-order valence-electron chi connectivity index (χ0n) is 12.6. The monoisotopic (exact) mass is 370 g/mol. The second-order valence-corrected chi connectivity index (χ2v) is 8.16. The van der Waals surface area contributed by atoms with Gasteiger partial charge in [0.15, 0.2) is 0 Å². The molecule has 1 aliphatic heterocycles. The van der Waals surface area contributed by atoms with Crippen LogP contribution in [-0.4, -0.2) is 36.5 Å². The number of nitrogens with one attached hydrogen (secondary N) is 2. The van der Waals surface area contributed by atoms with Crippen LogP contribution >= 0.6 is 27.7 Å². The molecule has 0 aliphatic carbocycles. The maximum atomic E-state index is 12.1. The van der Waals surface area contributed by atoms with Crippen molar-refractivity contribution in [1.82, 2.24) is 10.6 Å². The van der Waals surface area contributed by atoms with Crippen LogP contribution in [0, 0.1) is 0 Å². The van der Waals surface area contributed by atoms with Crippen molar-refractivity contribution in [2.24, 2.45) is 0 Å².